The molecule has 0 spiro atoms. The van der Waals surface area contributed by atoms with Crippen LogP contribution in [0, 0.1) is 0 Å². The number of halogens is 3. The molecular formula is C14H14F3N3O2. The Morgan fingerprint density at radius 3 is 2.50 bits per heavy atom. The van der Waals surface area contributed by atoms with Gasteiger partial charge in [0.2, 0.25) is 0 Å². The Labute approximate surface area is 124 Å². The van der Waals surface area contributed by atoms with Crippen LogP contribution in [0.1, 0.15) is 18.5 Å². The summed E-state index contributed by atoms with van der Waals surface area (Å²) < 4.78 is 41.0. The Balaban J connectivity index is 1.92. The van der Waals surface area contributed by atoms with Crippen LogP contribution >= 0.6 is 0 Å². The van der Waals surface area contributed by atoms with E-state index in [9.17, 15) is 13.2 Å². The Bertz CT molecular complexity index is 603. The summed E-state index contributed by atoms with van der Waals surface area (Å²) in [5, 5.41) is 9.04. The van der Waals surface area contributed by atoms with E-state index < -0.39 is 12.6 Å². The number of aromatic nitrogens is 3. The molecule has 1 N–H and O–H groups in total. The highest BCUT2D eigenvalue weighted by Crippen LogP contribution is 2.21. The maximum absolute atomic E-state index is 12.0. The predicted octanol–water partition coefficient (Wildman–Crippen LogP) is 2.75. The first-order valence-electron chi connectivity index (χ1n) is 6.57. The van der Waals surface area contributed by atoms with Gasteiger partial charge in [-0.05, 0) is 18.6 Å². The van der Waals surface area contributed by atoms with Gasteiger partial charge in [0.1, 0.15) is 0 Å². The second kappa shape index (κ2) is 7.17. The molecular weight excluding hydrogens is 299 g/mol. The van der Waals surface area contributed by atoms with E-state index in [4.69, 9.17) is 9.84 Å². The van der Waals surface area contributed by atoms with Crippen LogP contribution in [0.15, 0.2) is 30.6 Å². The molecule has 22 heavy (non-hydrogen) atoms. The van der Waals surface area contributed by atoms with Gasteiger partial charge >= 0.3 is 12.2 Å². The summed E-state index contributed by atoms with van der Waals surface area (Å²) in [5.41, 5.74) is 1.73. The largest absolute Gasteiger partial charge is 0.463 e. The van der Waals surface area contributed by atoms with Gasteiger partial charge in [-0.25, -0.2) is 9.97 Å². The summed E-state index contributed by atoms with van der Waals surface area (Å²) in [7, 11) is 0. The van der Waals surface area contributed by atoms with Crippen molar-refractivity contribution in [2.45, 2.75) is 25.6 Å². The van der Waals surface area contributed by atoms with E-state index >= 15 is 0 Å². The first kappa shape index (κ1) is 16.2. The molecule has 0 aliphatic carbocycles. The average molecular weight is 313 g/mol. The van der Waals surface area contributed by atoms with Crippen LogP contribution in [0.3, 0.4) is 0 Å². The van der Waals surface area contributed by atoms with E-state index in [1.165, 1.54) is 12.4 Å². The molecule has 2 aromatic rings. The van der Waals surface area contributed by atoms with E-state index in [1.54, 1.807) is 18.2 Å². The minimum Gasteiger partial charge on any atom is -0.463 e. The first-order valence-corrected chi connectivity index (χ1v) is 6.57. The lowest BCUT2D eigenvalue weighted by atomic mass is 10.2. The standard InChI is InChI=1S/C14H14F3N3O2/c15-14(16,17)5-2-6-22-13-18-7-10(8-19-13)12-4-1-3-11(9-21)20-12/h1,3-4,7-8,21H,2,5-6,9H2. The van der Waals surface area contributed by atoms with E-state index in [0.717, 1.165) is 0 Å². The molecule has 0 aliphatic rings. The van der Waals surface area contributed by atoms with Crippen LogP contribution in [0.2, 0.25) is 0 Å². The van der Waals surface area contributed by atoms with E-state index in [1.807, 2.05) is 0 Å². The molecule has 2 heterocycles. The molecule has 118 valence electrons. The lowest BCUT2D eigenvalue weighted by molar-refractivity contribution is -0.136. The van der Waals surface area contributed by atoms with Crippen LogP contribution in [0.4, 0.5) is 13.2 Å². The Hall–Kier alpha value is -2.22. The summed E-state index contributed by atoms with van der Waals surface area (Å²) in [6.45, 7) is -0.272. The van der Waals surface area contributed by atoms with Crippen molar-refractivity contribution in [2.75, 3.05) is 6.61 Å². The fraction of sp³-hybridized carbons (Fsp3) is 0.357. The summed E-state index contributed by atoms with van der Waals surface area (Å²) >= 11 is 0. The molecule has 2 aromatic heterocycles. The number of rotatable bonds is 6. The molecule has 0 unspecified atom stereocenters. The van der Waals surface area contributed by atoms with E-state index in [2.05, 4.69) is 15.0 Å². The molecule has 0 aromatic carbocycles. The predicted molar refractivity (Wildman–Crippen MR) is 72.0 cm³/mol. The SMILES string of the molecule is OCc1cccc(-c2cnc(OCCCC(F)(F)F)nc2)n1. The average Bonchev–Trinajstić information content (AvgIpc) is 2.51. The third kappa shape index (κ3) is 4.96. The maximum atomic E-state index is 12.0. The Kier molecular flexibility index (Phi) is 5.26. The van der Waals surface area contributed by atoms with Crippen LogP contribution in [-0.4, -0.2) is 32.8 Å². The van der Waals surface area contributed by atoms with Gasteiger partial charge < -0.3 is 9.84 Å². The van der Waals surface area contributed by atoms with Gasteiger partial charge in [-0.15, -0.1) is 0 Å². The third-order valence-corrected chi connectivity index (χ3v) is 2.73. The summed E-state index contributed by atoms with van der Waals surface area (Å²) in [4.78, 5) is 12.1. The van der Waals surface area contributed by atoms with Crippen LogP contribution in [-0.2, 0) is 6.61 Å². The first-order chi connectivity index (χ1) is 10.5. The number of aliphatic hydroxyl groups excluding tert-OH is 1. The normalized spacial score (nSPS) is 11.5. The zero-order valence-electron chi connectivity index (χ0n) is 11.5. The summed E-state index contributed by atoms with van der Waals surface area (Å²) in [6, 6.07) is 5.18. The second-order valence-corrected chi connectivity index (χ2v) is 4.49. The topological polar surface area (TPSA) is 68.1 Å². The van der Waals surface area contributed by atoms with Crippen molar-refractivity contribution in [2.24, 2.45) is 0 Å². The van der Waals surface area contributed by atoms with Gasteiger partial charge in [0.25, 0.3) is 0 Å². The van der Waals surface area contributed by atoms with Crippen LogP contribution in [0.5, 0.6) is 6.01 Å². The van der Waals surface area contributed by atoms with Gasteiger partial charge in [-0.3, -0.25) is 4.98 Å². The lowest BCUT2D eigenvalue weighted by Crippen LogP contribution is -2.10. The molecule has 0 saturated heterocycles. The zero-order valence-corrected chi connectivity index (χ0v) is 11.5. The molecule has 2 rings (SSSR count). The lowest BCUT2D eigenvalue weighted by Gasteiger charge is -2.07. The molecule has 0 saturated carbocycles. The zero-order chi connectivity index (χ0) is 16.0. The van der Waals surface area contributed by atoms with Gasteiger partial charge in [-0.2, -0.15) is 13.2 Å². The smallest absolute Gasteiger partial charge is 0.389 e. The van der Waals surface area contributed by atoms with Gasteiger partial charge in [-0.1, -0.05) is 6.07 Å². The maximum Gasteiger partial charge on any atom is 0.389 e. The Morgan fingerprint density at radius 1 is 1.14 bits per heavy atom. The van der Waals surface area contributed by atoms with Gasteiger partial charge in [0, 0.05) is 24.4 Å². The minimum absolute atomic E-state index is 0.0178. The van der Waals surface area contributed by atoms with Crippen molar-refractivity contribution in [3.05, 3.63) is 36.3 Å². The van der Waals surface area contributed by atoms with Crippen molar-refractivity contribution in [3.63, 3.8) is 0 Å². The molecule has 0 amide bonds. The minimum atomic E-state index is -4.18. The van der Waals surface area contributed by atoms with E-state index in [-0.39, 0.29) is 25.6 Å². The van der Waals surface area contributed by atoms with Crippen molar-refractivity contribution < 1.29 is 23.0 Å². The van der Waals surface area contributed by atoms with Crippen molar-refractivity contribution in [3.8, 4) is 17.3 Å². The Morgan fingerprint density at radius 2 is 1.86 bits per heavy atom. The van der Waals surface area contributed by atoms with Gasteiger partial charge in [0.15, 0.2) is 0 Å². The van der Waals surface area contributed by atoms with Crippen molar-refractivity contribution >= 4 is 0 Å². The molecule has 0 fully saturated rings. The summed E-state index contributed by atoms with van der Waals surface area (Å²) in [6.07, 6.45) is -2.29. The monoisotopic (exact) mass is 313 g/mol. The molecule has 5 nitrogen and oxygen atoms in total. The molecule has 8 heteroatoms. The molecule has 0 bridgehead atoms. The van der Waals surface area contributed by atoms with E-state index in [0.29, 0.717) is 17.0 Å². The van der Waals surface area contributed by atoms with Crippen LogP contribution < -0.4 is 4.74 Å². The third-order valence-electron chi connectivity index (χ3n) is 2.73. The van der Waals surface area contributed by atoms with Crippen LogP contribution in [0.25, 0.3) is 11.3 Å². The second-order valence-electron chi connectivity index (χ2n) is 4.49. The quantitative estimate of drug-likeness (QED) is 0.831. The molecule has 0 radical (unpaired) electrons. The highest BCUT2D eigenvalue weighted by Gasteiger charge is 2.26. The molecule has 0 aliphatic heterocycles. The summed E-state index contributed by atoms with van der Waals surface area (Å²) in [5.74, 6) is 0. The molecule has 0 atom stereocenters. The highest BCUT2D eigenvalue weighted by molar-refractivity contribution is 5.56. The number of hydrogen-bond donors (Lipinski definition) is 1. The number of alkyl halides is 3. The number of pyridine rings is 1. The fourth-order valence-electron chi connectivity index (χ4n) is 1.69. The fourth-order valence-corrected chi connectivity index (χ4v) is 1.69. The number of aliphatic hydroxyl groups is 1. The highest BCUT2D eigenvalue weighted by atomic mass is 19.4. The number of ether oxygens (including phenoxy) is 1. The van der Waals surface area contributed by atoms with Crippen molar-refractivity contribution in [1.82, 2.24) is 15.0 Å². The number of hydrogen-bond acceptors (Lipinski definition) is 5. The van der Waals surface area contributed by atoms with Crippen molar-refractivity contribution in [1.29, 1.82) is 0 Å². The van der Waals surface area contributed by atoms with Gasteiger partial charge in [0.05, 0.1) is 24.6 Å². The number of nitrogens with zero attached hydrogens (tertiary/aromatic N) is 3.